The van der Waals surface area contributed by atoms with Crippen molar-refractivity contribution in [2.75, 3.05) is 19.6 Å². The van der Waals surface area contributed by atoms with Crippen molar-refractivity contribution in [3.05, 3.63) is 58.9 Å². The van der Waals surface area contributed by atoms with Crippen molar-refractivity contribution in [1.29, 1.82) is 0 Å². The van der Waals surface area contributed by atoms with Gasteiger partial charge in [-0.1, -0.05) is 12.1 Å². The number of rotatable bonds is 7. The van der Waals surface area contributed by atoms with Crippen LogP contribution in [0.15, 0.2) is 36.4 Å². The molecule has 10 heteroatoms. The first-order valence-electron chi connectivity index (χ1n) is 14.2. The number of hydrogen-bond acceptors (Lipinski definition) is 6. The lowest BCUT2D eigenvalue weighted by Gasteiger charge is -2.48. The molecule has 2 fully saturated rings. The van der Waals surface area contributed by atoms with Crippen molar-refractivity contribution in [2.45, 2.75) is 84.4 Å². The van der Waals surface area contributed by atoms with E-state index in [4.69, 9.17) is 4.74 Å². The lowest BCUT2D eigenvalue weighted by atomic mass is 9.80. The summed E-state index contributed by atoms with van der Waals surface area (Å²) in [4.78, 5) is 45.1. The summed E-state index contributed by atoms with van der Waals surface area (Å²) in [7, 11) is 0. The van der Waals surface area contributed by atoms with Gasteiger partial charge in [-0.2, -0.15) is 4.79 Å². The fourth-order valence-corrected chi connectivity index (χ4v) is 6.66. The van der Waals surface area contributed by atoms with Crippen LogP contribution in [0.1, 0.15) is 69.5 Å². The van der Waals surface area contributed by atoms with Crippen LogP contribution in [0.25, 0.3) is 0 Å². The van der Waals surface area contributed by atoms with E-state index in [0.29, 0.717) is 51.3 Å². The molecule has 1 aromatic carbocycles. The van der Waals surface area contributed by atoms with Gasteiger partial charge in [0, 0.05) is 30.8 Å². The van der Waals surface area contributed by atoms with E-state index >= 15 is 0 Å². The smallest absolute Gasteiger partial charge is 0.489 e. The number of quaternary nitrogens is 1. The van der Waals surface area contributed by atoms with Gasteiger partial charge in [0.1, 0.15) is 23.9 Å². The maximum absolute atomic E-state index is 13.9. The van der Waals surface area contributed by atoms with E-state index in [1.165, 1.54) is 0 Å². The maximum atomic E-state index is 13.9. The predicted octanol–water partition coefficient (Wildman–Crippen LogP) is 4.34. The molecule has 0 bridgehead atoms. The monoisotopic (exact) mass is 567 g/mol. The Kier molecular flexibility index (Phi) is 8.47. The van der Waals surface area contributed by atoms with Gasteiger partial charge < -0.3 is 14.7 Å². The third kappa shape index (κ3) is 5.81. The fourth-order valence-electron chi connectivity index (χ4n) is 6.66. The molecule has 2 unspecified atom stereocenters. The van der Waals surface area contributed by atoms with E-state index in [1.807, 2.05) is 77.9 Å². The Morgan fingerprint density at radius 2 is 1.73 bits per heavy atom. The van der Waals surface area contributed by atoms with Crippen LogP contribution in [0.3, 0.4) is 0 Å². The average Bonchev–Trinajstić information content (AvgIpc) is 3.21. The lowest BCUT2D eigenvalue weighted by Crippen LogP contribution is -2.67. The number of hydroxylamine groups is 1. The molecule has 2 aliphatic rings. The topological polar surface area (TPSA) is 129 Å². The minimum Gasteiger partial charge on any atom is -0.489 e. The van der Waals surface area contributed by atoms with Gasteiger partial charge >= 0.3 is 6.09 Å². The predicted molar refractivity (Wildman–Crippen MR) is 152 cm³/mol. The first kappa shape index (κ1) is 30.5. The van der Waals surface area contributed by atoms with Crippen molar-refractivity contribution >= 4 is 17.9 Å². The highest BCUT2D eigenvalue weighted by Crippen LogP contribution is 2.41. The van der Waals surface area contributed by atoms with Gasteiger partial charge in [-0.25, -0.2) is 9.96 Å². The number of pyridine rings is 1. The molecule has 0 aliphatic carbocycles. The normalized spacial score (nSPS) is 25.6. The van der Waals surface area contributed by atoms with E-state index in [1.54, 1.807) is 10.4 Å². The zero-order chi connectivity index (χ0) is 30.2. The van der Waals surface area contributed by atoms with Crippen LogP contribution >= 0.6 is 0 Å². The minimum atomic E-state index is -0.887. The quantitative estimate of drug-likeness (QED) is 0.258. The summed E-state index contributed by atoms with van der Waals surface area (Å²) in [5, 5.41) is 19.7. The summed E-state index contributed by atoms with van der Waals surface area (Å²) in [6, 6.07) is 10.6. The third-order valence-corrected chi connectivity index (χ3v) is 9.20. The van der Waals surface area contributed by atoms with Gasteiger partial charge in [-0.05, 0) is 89.3 Å². The number of aromatic nitrogens is 1. The highest BCUT2D eigenvalue weighted by molar-refractivity contribution is 5.94. The van der Waals surface area contributed by atoms with Gasteiger partial charge in [0.25, 0.3) is 5.91 Å². The summed E-state index contributed by atoms with van der Waals surface area (Å²) < 4.78 is 5.87. The number of ether oxygens (including phenoxy) is 1. The molecule has 0 spiro atoms. The molecule has 2 aromatic rings. The molecule has 2 aliphatic heterocycles. The molecule has 3 amide bonds. The number of nitrogens with one attached hydrogen (secondary N) is 1. The van der Waals surface area contributed by atoms with Gasteiger partial charge in [0.05, 0.1) is 18.5 Å². The largest absolute Gasteiger partial charge is 0.513 e. The standard InChI is InChI=1S/C31H42N4O6/c1-20-17-22(18-21(2)32-20)19-41-25-9-7-24(8-10-25)31(6)13-14-34(28(31)37)26(27(36)33-40)23-11-15-35(16-12-23,29(38)39)30(3,4)5/h7-10,17-18,23,26H,11-16,19H2,1-6H3,(H2-,33,36,38,39,40)/p+1. The number of carbonyl (C=O) groups is 3. The van der Waals surface area contributed by atoms with E-state index in [-0.39, 0.29) is 16.3 Å². The Morgan fingerprint density at radius 1 is 1.15 bits per heavy atom. The van der Waals surface area contributed by atoms with E-state index < -0.39 is 29.0 Å². The van der Waals surface area contributed by atoms with Crippen molar-refractivity contribution in [3.8, 4) is 5.75 Å². The number of carbonyl (C=O) groups excluding carboxylic acids is 2. The van der Waals surface area contributed by atoms with Crippen LogP contribution in [-0.4, -0.2) is 73.8 Å². The second-order valence-electron chi connectivity index (χ2n) is 12.8. The van der Waals surface area contributed by atoms with Crippen LogP contribution in [0.5, 0.6) is 5.75 Å². The first-order valence-corrected chi connectivity index (χ1v) is 14.2. The molecule has 0 radical (unpaired) electrons. The number of nitrogens with zero attached hydrogens (tertiary/aromatic N) is 3. The zero-order valence-electron chi connectivity index (χ0n) is 24.9. The van der Waals surface area contributed by atoms with Crippen LogP contribution in [0, 0.1) is 19.8 Å². The molecule has 222 valence electrons. The van der Waals surface area contributed by atoms with Crippen molar-refractivity contribution in [3.63, 3.8) is 0 Å². The molecule has 3 heterocycles. The molecule has 10 nitrogen and oxygen atoms in total. The molecular weight excluding hydrogens is 524 g/mol. The number of carboxylic acid groups (broad SMARTS) is 1. The van der Waals surface area contributed by atoms with Gasteiger partial charge in [-0.15, -0.1) is 0 Å². The summed E-state index contributed by atoms with van der Waals surface area (Å²) in [6.45, 7) is 13.0. The van der Waals surface area contributed by atoms with Crippen molar-refractivity contribution in [1.82, 2.24) is 15.4 Å². The molecule has 1 aromatic heterocycles. The number of hydrogen-bond donors (Lipinski definition) is 3. The van der Waals surface area contributed by atoms with Crippen LogP contribution in [-0.2, 0) is 21.6 Å². The fraction of sp³-hybridized carbons (Fsp3) is 0.548. The van der Waals surface area contributed by atoms with E-state index in [9.17, 15) is 24.7 Å². The Hall–Kier alpha value is -3.50. The molecule has 2 atom stereocenters. The Bertz CT molecular complexity index is 1280. The highest BCUT2D eigenvalue weighted by Gasteiger charge is 2.54. The maximum Gasteiger partial charge on any atom is 0.513 e. The van der Waals surface area contributed by atoms with Crippen LogP contribution in [0.2, 0.25) is 0 Å². The van der Waals surface area contributed by atoms with Crippen molar-refractivity contribution in [2.24, 2.45) is 5.92 Å². The average molecular weight is 568 g/mol. The van der Waals surface area contributed by atoms with Crippen LogP contribution < -0.4 is 10.2 Å². The summed E-state index contributed by atoms with van der Waals surface area (Å²) in [6.07, 6.45) is 0.526. The summed E-state index contributed by atoms with van der Waals surface area (Å²) >= 11 is 0. The first-order chi connectivity index (χ1) is 19.2. The zero-order valence-corrected chi connectivity index (χ0v) is 24.9. The van der Waals surface area contributed by atoms with Gasteiger partial charge in [0.15, 0.2) is 0 Å². The number of amides is 3. The number of piperidine rings is 1. The summed E-state index contributed by atoms with van der Waals surface area (Å²) in [5.74, 6) is -0.394. The second-order valence-corrected chi connectivity index (χ2v) is 12.8. The number of benzene rings is 1. The molecule has 4 rings (SSSR count). The second kappa shape index (κ2) is 11.4. The van der Waals surface area contributed by atoms with Crippen molar-refractivity contribution < 1.29 is 33.9 Å². The van der Waals surface area contributed by atoms with E-state index in [2.05, 4.69) is 4.98 Å². The molecule has 0 saturated carbocycles. The summed E-state index contributed by atoms with van der Waals surface area (Å²) in [5.41, 5.74) is 4.15. The minimum absolute atomic E-state index is 0.0998. The Labute approximate surface area is 241 Å². The van der Waals surface area contributed by atoms with Gasteiger partial charge in [-0.3, -0.25) is 19.8 Å². The molecule has 2 saturated heterocycles. The Morgan fingerprint density at radius 3 is 2.24 bits per heavy atom. The SMILES string of the molecule is Cc1cc(COc2ccc(C3(C)CCN(C(C(=O)NO)C4CC[N+](C(=O)O)(C(C)(C)C)CC4)C3=O)cc2)cc(C)n1. The highest BCUT2D eigenvalue weighted by atomic mass is 16.5. The number of aryl methyl sites for hydroxylation is 2. The molecule has 3 N–H and O–H groups in total. The lowest BCUT2D eigenvalue weighted by molar-refractivity contribution is -0.909. The third-order valence-electron chi connectivity index (χ3n) is 9.20. The van der Waals surface area contributed by atoms with E-state index in [0.717, 1.165) is 22.5 Å². The Balaban J connectivity index is 1.48. The molecular formula is C31H43N4O6+. The number of likely N-dealkylation sites (tertiary alicyclic amines) is 2. The molecule has 41 heavy (non-hydrogen) atoms. The van der Waals surface area contributed by atoms with Gasteiger partial charge in [0.2, 0.25) is 5.91 Å². The van der Waals surface area contributed by atoms with Crippen LogP contribution in [0.4, 0.5) is 4.79 Å².